The van der Waals surface area contributed by atoms with Gasteiger partial charge in [0.05, 0.1) is 33.4 Å². The maximum atomic E-state index is 2.52. The highest BCUT2D eigenvalue weighted by Crippen LogP contribution is 2.55. The van der Waals surface area contributed by atoms with Gasteiger partial charge < -0.3 is 9.13 Å². The molecule has 0 N–H and O–H groups in total. The zero-order valence-electron chi connectivity index (χ0n) is 32.1. The van der Waals surface area contributed by atoms with Gasteiger partial charge in [-0.15, -0.1) is 0 Å². The number of nitrogens with zero attached hydrogens (tertiary/aromatic N) is 2. The summed E-state index contributed by atoms with van der Waals surface area (Å²) in [7, 11) is 0. The first-order valence-electron chi connectivity index (χ1n) is 19.9. The van der Waals surface area contributed by atoms with E-state index in [1.807, 2.05) is 0 Å². The lowest BCUT2D eigenvalue weighted by Crippen LogP contribution is -2.15. The molecular formula is C54H40N2. The van der Waals surface area contributed by atoms with Gasteiger partial charge in [0, 0.05) is 43.5 Å². The van der Waals surface area contributed by atoms with Crippen molar-refractivity contribution in [1.29, 1.82) is 0 Å². The number of para-hydroxylation sites is 4. The summed E-state index contributed by atoms with van der Waals surface area (Å²) in [6, 6.07) is 63.4. The van der Waals surface area contributed by atoms with Gasteiger partial charge in [-0.3, -0.25) is 0 Å². The fourth-order valence-electron chi connectivity index (χ4n) is 11.0. The predicted molar refractivity (Wildman–Crippen MR) is 236 cm³/mol. The van der Waals surface area contributed by atoms with Crippen molar-refractivity contribution in [3.8, 4) is 44.8 Å². The molecule has 0 unspecified atom stereocenters. The van der Waals surface area contributed by atoms with Gasteiger partial charge in [-0.2, -0.15) is 0 Å². The van der Waals surface area contributed by atoms with E-state index in [-0.39, 0.29) is 10.8 Å². The molecule has 0 radical (unpaired) electrons. The van der Waals surface area contributed by atoms with E-state index in [4.69, 9.17) is 0 Å². The van der Waals surface area contributed by atoms with Crippen LogP contribution in [0.1, 0.15) is 49.9 Å². The molecule has 0 fully saturated rings. The summed E-state index contributed by atoms with van der Waals surface area (Å²) in [4.78, 5) is 0. The number of rotatable bonds is 3. The summed E-state index contributed by atoms with van der Waals surface area (Å²) >= 11 is 0. The van der Waals surface area contributed by atoms with Crippen LogP contribution < -0.4 is 0 Å². The number of aromatic nitrogens is 2. The van der Waals surface area contributed by atoms with Crippen molar-refractivity contribution >= 4 is 43.6 Å². The van der Waals surface area contributed by atoms with E-state index in [1.54, 1.807) is 0 Å². The Labute approximate surface area is 326 Å². The molecule has 56 heavy (non-hydrogen) atoms. The van der Waals surface area contributed by atoms with Crippen molar-refractivity contribution in [3.05, 3.63) is 192 Å². The molecule has 0 spiro atoms. The van der Waals surface area contributed by atoms with Gasteiger partial charge in [0.25, 0.3) is 0 Å². The Balaban J connectivity index is 1.14. The van der Waals surface area contributed by atoms with Crippen LogP contribution in [0.5, 0.6) is 0 Å². The van der Waals surface area contributed by atoms with Crippen LogP contribution in [0.25, 0.3) is 88.4 Å². The average Bonchev–Trinajstić information content (AvgIpc) is 3.89. The van der Waals surface area contributed by atoms with Gasteiger partial charge >= 0.3 is 0 Å². The molecule has 0 bridgehead atoms. The lowest BCUT2D eigenvalue weighted by Gasteiger charge is -2.23. The van der Waals surface area contributed by atoms with Crippen LogP contribution in [0.3, 0.4) is 0 Å². The van der Waals surface area contributed by atoms with Crippen LogP contribution >= 0.6 is 0 Å². The summed E-state index contributed by atoms with van der Waals surface area (Å²) in [5.41, 5.74) is 20.5. The van der Waals surface area contributed by atoms with Gasteiger partial charge in [0.15, 0.2) is 0 Å². The smallest absolute Gasteiger partial charge is 0.0544 e. The van der Waals surface area contributed by atoms with E-state index in [1.165, 1.54) is 111 Å². The summed E-state index contributed by atoms with van der Waals surface area (Å²) in [6.07, 6.45) is 0. The maximum Gasteiger partial charge on any atom is 0.0544 e. The first kappa shape index (κ1) is 31.7. The molecule has 2 aliphatic carbocycles. The largest absolute Gasteiger partial charge is 0.309 e. The molecule has 0 aliphatic heterocycles. The Hall–Kier alpha value is -6.64. The number of hydrogen-bond acceptors (Lipinski definition) is 0. The van der Waals surface area contributed by atoms with Gasteiger partial charge in [-0.05, 0) is 80.9 Å². The van der Waals surface area contributed by atoms with Crippen molar-refractivity contribution < 1.29 is 0 Å². The first-order chi connectivity index (χ1) is 27.4. The Bertz CT molecular complexity index is 3090. The van der Waals surface area contributed by atoms with Crippen LogP contribution in [0.15, 0.2) is 170 Å². The topological polar surface area (TPSA) is 9.86 Å². The molecule has 10 aromatic rings. The zero-order chi connectivity index (χ0) is 37.5. The van der Waals surface area contributed by atoms with Gasteiger partial charge in [0.1, 0.15) is 0 Å². The fraction of sp³-hybridized carbons (Fsp3) is 0.111. The fourth-order valence-corrected chi connectivity index (χ4v) is 11.0. The summed E-state index contributed by atoms with van der Waals surface area (Å²) < 4.78 is 5.04. The molecular weight excluding hydrogens is 677 g/mol. The highest BCUT2D eigenvalue weighted by atomic mass is 15.0. The summed E-state index contributed by atoms with van der Waals surface area (Å²) in [6.45, 7) is 9.59. The number of fused-ring (bicyclic) bond motifs is 14. The standard InChI is InChI=1S/C54H40N2/c1-53(2)41-23-11-5-17-33(41)37-29-31-47-49(51(37)53)39-21-9-15-27-45(39)55(47)43-25-13-7-19-35(43)36-20-8-14-26-44(36)56-46-28-16-10-22-40(46)50-48(56)32-30-38-34-18-6-12-24-42(34)54(3,4)52(38)50/h5-32H,1-4H3. The molecule has 0 saturated heterocycles. The van der Waals surface area contributed by atoms with Crippen molar-refractivity contribution in [2.24, 2.45) is 0 Å². The van der Waals surface area contributed by atoms with Crippen LogP contribution in [-0.4, -0.2) is 9.13 Å². The van der Waals surface area contributed by atoms with E-state index in [0.29, 0.717) is 0 Å². The second-order valence-corrected chi connectivity index (χ2v) is 16.8. The van der Waals surface area contributed by atoms with Crippen molar-refractivity contribution in [2.45, 2.75) is 38.5 Å². The highest BCUT2D eigenvalue weighted by molar-refractivity contribution is 6.16. The molecule has 2 heteroatoms. The number of hydrogen-bond donors (Lipinski definition) is 0. The second kappa shape index (κ2) is 11.0. The van der Waals surface area contributed by atoms with Crippen LogP contribution in [0, 0.1) is 0 Å². The molecule has 0 saturated carbocycles. The molecule has 0 atom stereocenters. The molecule has 8 aromatic carbocycles. The predicted octanol–water partition coefficient (Wildman–Crippen LogP) is 14.2. The quantitative estimate of drug-likeness (QED) is 0.172. The molecule has 12 rings (SSSR count). The van der Waals surface area contributed by atoms with Gasteiger partial charge in [-0.25, -0.2) is 0 Å². The molecule has 266 valence electrons. The SMILES string of the molecule is CC1(C)c2ccccc2-c2ccc3c(c21)c1ccccc1n3-c1ccccc1-c1ccccc1-n1c2ccccc2c2c3c(ccc21)-c1ccccc1C3(C)C. The molecule has 2 nitrogen and oxygen atoms in total. The van der Waals surface area contributed by atoms with Gasteiger partial charge in [-0.1, -0.05) is 161 Å². The van der Waals surface area contributed by atoms with E-state index in [2.05, 4.69) is 207 Å². The minimum Gasteiger partial charge on any atom is -0.309 e. The van der Waals surface area contributed by atoms with Crippen molar-refractivity contribution in [1.82, 2.24) is 9.13 Å². The Morgan fingerprint density at radius 1 is 0.304 bits per heavy atom. The van der Waals surface area contributed by atoms with Crippen molar-refractivity contribution in [3.63, 3.8) is 0 Å². The van der Waals surface area contributed by atoms with Crippen molar-refractivity contribution in [2.75, 3.05) is 0 Å². The van der Waals surface area contributed by atoms with Crippen LogP contribution in [0.2, 0.25) is 0 Å². The van der Waals surface area contributed by atoms with E-state index in [9.17, 15) is 0 Å². The highest BCUT2D eigenvalue weighted by Gasteiger charge is 2.39. The van der Waals surface area contributed by atoms with Gasteiger partial charge in [0.2, 0.25) is 0 Å². The monoisotopic (exact) mass is 716 g/mol. The Morgan fingerprint density at radius 3 is 1.11 bits per heavy atom. The Kier molecular flexibility index (Phi) is 6.22. The van der Waals surface area contributed by atoms with E-state index >= 15 is 0 Å². The normalized spacial score (nSPS) is 14.7. The number of benzene rings is 8. The minimum atomic E-state index is -0.126. The van der Waals surface area contributed by atoms with E-state index < -0.39 is 0 Å². The maximum absolute atomic E-state index is 2.52. The lowest BCUT2D eigenvalue weighted by molar-refractivity contribution is 0.666. The first-order valence-corrected chi connectivity index (χ1v) is 19.9. The lowest BCUT2D eigenvalue weighted by atomic mass is 9.80. The van der Waals surface area contributed by atoms with E-state index in [0.717, 1.165) is 0 Å². The van der Waals surface area contributed by atoms with Crippen LogP contribution in [-0.2, 0) is 10.8 Å². The molecule has 2 heterocycles. The molecule has 2 aromatic heterocycles. The minimum absolute atomic E-state index is 0.126. The molecule has 2 aliphatic rings. The molecule has 0 amide bonds. The average molecular weight is 717 g/mol. The van der Waals surface area contributed by atoms with Crippen LogP contribution in [0.4, 0.5) is 0 Å². The third-order valence-corrected chi connectivity index (χ3v) is 13.3. The third kappa shape index (κ3) is 3.91. The summed E-state index contributed by atoms with van der Waals surface area (Å²) in [5, 5.41) is 5.29. The zero-order valence-corrected chi connectivity index (χ0v) is 32.1. The second-order valence-electron chi connectivity index (χ2n) is 16.8. The summed E-state index contributed by atoms with van der Waals surface area (Å²) in [5.74, 6) is 0. The third-order valence-electron chi connectivity index (χ3n) is 13.3. The Morgan fingerprint density at radius 2 is 0.661 bits per heavy atom.